The minimum absolute atomic E-state index is 0.0576. The summed E-state index contributed by atoms with van der Waals surface area (Å²) in [6.07, 6.45) is 87.0. The van der Waals surface area contributed by atoms with Crippen molar-refractivity contribution in [2.45, 2.75) is 373 Å². The predicted octanol–water partition coefficient (Wildman–Crippen LogP) is 23.0. The Bertz CT molecular complexity index is 1480. The molecule has 0 heterocycles. The highest BCUT2D eigenvalue weighted by atomic mass is 31.2. The van der Waals surface area contributed by atoms with Crippen LogP contribution in [0.25, 0.3) is 0 Å². The summed E-state index contributed by atoms with van der Waals surface area (Å²) in [5.41, 5.74) is 0. The van der Waals surface area contributed by atoms with Gasteiger partial charge >= 0.3 is 7.82 Å². The van der Waals surface area contributed by atoms with Crippen molar-refractivity contribution >= 4 is 13.7 Å². The number of rotatable bonds is 67. The fourth-order valence-electron chi connectivity index (χ4n) is 10.9. The largest absolute Gasteiger partial charge is 0.472 e. The molecule has 3 N–H and O–H groups in total. The molecule has 0 saturated carbocycles. The first kappa shape index (κ1) is 80.5. The molecule has 0 aliphatic carbocycles. The lowest BCUT2D eigenvalue weighted by Gasteiger charge is -2.25. The number of hydrogen-bond acceptors (Lipinski definition) is 5. The van der Waals surface area contributed by atoms with Gasteiger partial charge in [-0.25, -0.2) is 4.57 Å². The molecule has 0 fully saturated rings. The smallest absolute Gasteiger partial charge is 0.387 e. The molecule has 0 aliphatic heterocycles. The van der Waals surface area contributed by atoms with Gasteiger partial charge in [0.15, 0.2) is 0 Å². The second-order valence-corrected chi connectivity index (χ2v) is 27.4. The Kier molecular flexibility index (Phi) is 62.7. The minimum Gasteiger partial charge on any atom is -0.387 e. The number of quaternary nitrogens is 1. The monoisotopic (exact) mass is 1170 g/mol. The van der Waals surface area contributed by atoms with Crippen LogP contribution in [-0.4, -0.2) is 73.4 Å². The molecule has 0 bridgehead atoms. The number of phosphoric ester groups is 1. The van der Waals surface area contributed by atoms with Crippen molar-refractivity contribution < 1.29 is 32.9 Å². The van der Waals surface area contributed by atoms with E-state index in [9.17, 15) is 19.4 Å². The van der Waals surface area contributed by atoms with Crippen LogP contribution >= 0.6 is 7.82 Å². The van der Waals surface area contributed by atoms with Crippen LogP contribution in [0.2, 0.25) is 0 Å². The molecule has 484 valence electrons. The van der Waals surface area contributed by atoms with Crippen LogP contribution < -0.4 is 5.32 Å². The van der Waals surface area contributed by atoms with Gasteiger partial charge in [-0.05, 0) is 64.2 Å². The second-order valence-electron chi connectivity index (χ2n) is 26.0. The van der Waals surface area contributed by atoms with Crippen LogP contribution in [0.4, 0.5) is 0 Å². The van der Waals surface area contributed by atoms with Crippen molar-refractivity contribution in [3.8, 4) is 0 Å². The van der Waals surface area contributed by atoms with Gasteiger partial charge in [0.25, 0.3) is 0 Å². The first-order chi connectivity index (χ1) is 40.0. The maximum absolute atomic E-state index is 13.1. The van der Waals surface area contributed by atoms with Crippen LogP contribution in [-0.2, 0) is 18.4 Å². The SMILES string of the molecule is CCCCCCC/C=C\C/C=C\CCCCCCCCCCCCCCCCCCCCCCCCCC(=O)NC(COP(=O)(O)OCC[N+](C)(C)C)C(O)/C=C/CC/C=C/CCCCCCCCCCCCCCCCCCCCC. The van der Waals surface area contributed by atoms with Crippen molar-refractivity contribution in [1.29, 1.82) is 0 Å². The van der Waals surface area contributed by atoms with E-state index in [1.165, 1.54) is 295 Å². The molecular weight excluding hydrogens is 1030 g/mol. The Labute approximate surface area is 511 Å². The maximum atomic E-state index is 13.1. The van der Waals surface area contributed by atoms with Gasteiger partial charge in [-0.1, -0.05) is 339 Å². The molecule has 1 amide bonds. The molecular formula is C73H142N2O6P+. The number of likely N-dealkylation sites (N-methyl/N-ethyl adjacent to an activating group) is 1. The molecule has 0 aliphatic rings. The average Bonchev–Trinajstić information content (AvgIpc) is 3.45. The Hall–Kier alpha value is -1.54. The first-order valence-electron chi connectivity index (χ1n) is 36.0. The van der Waals surface area contributed by atoms with Crippen LogP contribution in [0.15, 0.2) is 48.6 Å². The zero-order valence-electron chi connectivity index (χ0n) is 55.5. The summed E-state index contributed by atoms with van der Waals surface area (Å²) in [5.74, 6) is -0.180. The van der Waals surface area contributed by atoms with Gasteiger partial charge in [0.1, 0.15) is 13.2 Å². The Balaban J connectivity index is 4.03. The van der Waals surface area contributed by atoms with E-state index in [1.807, 2.05) is 27.2 Å². The van der Waals surface area contributed by atoms with Crippen molar-refractivity contribution in [3.63, 3.8) is 0 Å². The number of allylic oxidation sites excluding steroid dienone is 7. The first-order valence-corrected chi connectivity index (χ1v) is 37.5. The highest BCUT2D eigenvalue weighted by Crippen LogP contribution is 2.43. The van der Waals surface area contributed by atoms with Crippen LogP contribution in [0.5, 0.6) is 0 Å². The number of phosphoric acid groups is 1. The van der Waals surface area contributed by atoms with Crippen molar-refractivity contribution in [3.05, 3.63) is 48.6 Å². The number of hydrogen-bond donors (Lipinski definition) is 3. The quantitative estimate of drug-likeness (QED) is 0.0243. The number of aliphatic hydroxyl groups is 1. The average molecular weight is 1170 g/mol. The van der Waals surface area contributed by atoms with Crippen LogP contribution in [0.3, 0.4) is 0 Å². The fourth-order valence-corrected chi connectivity index (χ4v) is 11.7. The second kappa shape index (κ2) is 63.9. The van der Waals surface area contributed by atoms with E-state index in [0.29, 0.717) is 17.4 Å². The van der Waals surface area contributed by atoms with Crippen LogP contribution in [0, 0.1) is 0 Å². The molecule has 3 unspecified atom stereocenters. The molecule has 0 radical (unpaired) electrons. The van der Waals surface area contributed by atoms with E-state index in [4.69, 9.17) is 9.05 Å². The summed E-state index contributed by atoms with van der Waals surface area (Å²) in [5, 5.41) is 14.0. The molecule has 0 saturated heterocycles. The molecule has 9 heteroatoms. The lowest BCUT2D eigenvalue weighted by atomic mass is 10.0. The van der Waals surface area contributed by atoms with Crippen molar-refractivity contribution in [2.24, 2.45) is 0 Å². The van der Waals surface area contributed by atoms with E-state index >= 15 is 0 Å². The zero-order valence-corrected chi connectivity index (χ0v) is 56.4. The van der Waals surface area contributed by atoms with E-state index in [0.717, 1.165) is 44.9 Å². The van der Waals surface area contributed by atoms with E-state index in [1.54, 1.807) is 6.08 Å². The third kappa shape index (κ3) is 66.0. The highest BCUT2D eigenvalue weighted by Gasteiger charge is 2.28. The van der Waals surface area contributed by atoms with Gasteiger partial charge in [0, 0.05) is 6.42 Å². The maximum Gasteiger partial charge on any atom is 0.472 e. The molecule has 0 aromatic rings. The standard InChI is InChI=1S/C73H141N2O6P/c1-6-8-10-12-14-16-18-20-22-24-26-28-30-32-33-34-35-36-37-38-39-40-41-43-45-47-49-51-53-55-57-59-61-63-65-67-73(77)74-71(70-81-82(78,79)80-69-68-75(3,4)5)72(76)66-64-62-60-58-56-54-52-50-48-46-44-42-31-29-27-25-23-21-19-17-15-13-11-9-7-2/h18,20,24,26,56,58,64,66,71-72,76H,6-17,19,21-23,25,27-55,57,59-63,65,67-70H2,1-5H3,(H-,74,77,78,79)/p+1/b20-18-,26-24-,58-56+,66-64+. The van der Waals surface area contributed by atoms with Gasteiger partial charge in [-0.2, -0.15) is 0 Å². The van der Waals surface area contributed by atoms with Gasteiger partial charge in [0.2, 0.25) is 5.91 Å². The third-order valence-corrected chi connectivity index (χ3v) is 17.5. The lowest BCUT2D eigenvalue weighted by Crippen LogP contribution is -2.45. The number of carbonyl (C=O) groups is 1. The molecule has 0 rings (SSSR count). The summed E-state index contributed by atoms with van der Waals surface area (Å²) in [6, 6.07) is -0.864. The van der Waals surface area contributed by atoms with Crippen molar-refractivity contribution in [1.82, 2.24) is 5.32 Å². The normalized spacial score (nSPS) is 13.9. The Morgan fingerprint density at radius 3 is 1.05 bits per heavy atom. The lowest BCUT2D eigenvalue weighted by molar-refractivity contribution is -0.870. The van der Waals surface area contributed by atoms with E-state index < -0.39 is 20.0 Å². The molecule has 0 aromatic heterocycles. The van der Waals surface area contributed by atoms with Gasteiger partial charge in [-0.3, -0.25) is 13.8 Å². The number of aliphatic hydroxyl groups excluding tert-OH is 1. The van der Waals surface area contributed by atoms with Gasteiger partial charge < -0.3 is 19.8 Å². The molecule has 8 nitrogen and oxygen atoms in total. The summed E-state index contributed by atoms with van der Waals surface area (Å²) in [6.45, 7) is 4.84. The number of unbranched alkanes of at least 4 members (excludes halogenated alkanes) is 48. The topological polar surface area (TPSA) is 105 Å². The number of amides is 1. The minimum atomic E-state index is -4.36. The summed E-state index contributed by atoms with van der Waals surface area (Å²) < 4.78 is 23.8. The Morgan fingerprint density at radius 1 is 0.415 bits per heavy atom. The number of nitrogens with one attached hydrogen (secondary N) is 1. The molecule has 3 atom stereocenters. The molecule has 0 aromatic carbocycles. The highest BCUT2D eigenvalue weighted by molar-refractivity contribution is 7.47. The van der Waals surface area contributed by atoms with E-state index in [2.05, 4.69) is 55.6 Å². The summed E-state index contributed by atoms with van der Waals surface area (Å²) in [7, 11) is 1.57. The zero-order chi connectivity index (χ0) is 59.8. The molecule has 0 spiro atoms. The summed E-state index contributed by atoms with van der Waals surface area (Å²) in [4.78, 5) is 23.4. The predicted molar refractivity (Wildman–Crippen MR) is 360 cm³/mol. The fraction of sp³-hybridized carbons (Fsp3) is 0.877. The number of carbonyl (C=O) groups excluding carboxylic acids is 1. The van der Waals surface area contributed by atoms with Gasteiger partial charge in [-0.15, -0.1) is 0 Å². The third-order valence-electron chi connectivity index (χ3n) is 16.5. The molecule has 82 heavy (non-hydrogen) atoms. The number of nitrogens with zero attached hydrogens (tertiary/aromatic N) is 1. The van der Waals surface area contributed by atoms with Crippen LogP contribution in [0.1, 0.15) is 361 Å². The van der Waals surface area contributed by atoms with Gasteiger partial charge in [0.05, 0.1) is 39.9 Å². The van der Waals surface area contributed by atoms with E-state index in [-0.39, 0.29) is 19.1 Å². The Morgan fingerprint density at radius 2 is 0.707 bits per heavy atom. The summed E-state index contributed by atoms with van der Waals surface area (Å²) >= 11 is 0. The van der Waals surface area contributed by atoms with Crippen molar-refractivity contribution in [2.75, 3.05) is 40.9 Å².